The highest BCUT2D eigenvalue weighted by Crippen LogP contribution is 2.31. The van der Waals surface area contributed by atoms with Crippen LogP contribution in [0.25, 0.3) is 0 Å². The number of aliphatic hydroxyl groups excluding tert-OH is 1. The van der Waals surface area contributed by atoms with Crippen LogP contribution in [0.2, 0.25) is 5.02 Å². The summed E-state index contributed by atoms with van der Waals surface area (Å²) < 4.78 is 33.3. The lowest BCUT2D eigenvalue weighted by Crippen LogP contribution is -2.32. The molecule has 0 radical (unpaired) electrons. The number of rotatable bonds is 9. The fourth-order valence-electron chi connectivity index (χ4n) is 2.87. The standard InChI is InChI=1S/C19H20ClF2NO4/c20-13-3-1-12(2-4-13)9-16(15-6-5-14(21)10-17(15)22)18(27-8-7-24)11-19(25)23-26/h1-6,10,16,18,24,26H,7-9,11H2,(H,23,25). The van der Waals surface area contributed by atoms with Crippen molar-refractivity contribution in [3.63, 3.8) is 0 Å². The number of aliphatic hydroxyl groups is 1. The van der Waals surface area contributed by atoms with E-state index in [2.05, 4.69) is 0 Å². The number of carbonyl (C=O) groups excluding carboxylic acids is 1. The van der Waals surface area contributed by atoms with Crippen LogP contribution in [0.5, 0.6) is 0 Å². The minimum atomic E-state index is -0.861. The largest absolute Gasteiger partial charge is 0.394 e. The second kappa shape index (κ2) is 10.3. The van der Waals surface area contributed by atoms with Gasteiger partial charge in [-0.3, -0.25) is 10.0 Å². The first-order chi connectivity index (χ1) is 12.9. The molecule has 0 aliphatic rings. The van der Waals surface area contributed by atoms with Gasteiger partial charge in [0.15, 0.2) is 0 Å². The van der Waals surface area contributed by atoms with Crippen LogP contribution in [0, 0.1) is 11.6 Å². The van der Waals surface area contributed by atoms with Gasteiger partial charge in [-0.05, 0) is 35.7 Å². The van der Waals surface area contributed by atoms with Crippen molar-refractivity contribution in [1.29, 1.82) is 0 Å². The molecule has 1 amide bonds. The lowest BCUT2D eigenvalue weighted by molar-refractivity contribution is -0.133. The predicted molar refractivity (Wildman–Crippen MR) is 95.6 cm³/mol. The Morgan fingerprint density at radius 3 is 2.48 bits per heavy atom. The van der Waals surface area contributed by atoms with Gasteiger partial charge >= 0.3 is 0 Å². The maximum absolute atomic E-state index is 14.5. The Kier molecular flexibility index (Phi) is 8.12. The predicted octanol–water partition coefficient (Wildman–Crippen LogP) is 3.22. The average molecular weight is 400 g/mol. The zero-order chi connectivity index (χ0) is 19.8. The van der Waals surface area contributed by atoms with Gasteiger partial charge in [-0.1, -0.05) is 29.8 Å². The Balaban J connectivity index is 2.40. The molecule has 0 fully saturated rings. The molecule has 0 aliphatic carbocycles. The summed E-state index contributed by atoms with van der Waals surface area (Å²) >= 11 is 5.89. The molecule has 0 saturated carbocycles. The average Bonchev–Trinajstić information content (AvgIpc) is 2.65. The summed E-state index contributed by atoms with van der Waals surface area (Å²) in [7, 11) is 0. The maximum Gasteiger partial charge on any atom is 0.245 e. The number of amides is 1. The summed E-state index contributed by atoms with van der Waals surface area (Å²) in [6.45, 7) is -0.375. The van der Waals surface area contributed by atoms with Crippen LogP contribution in [-0.4, -0.2) is 35.5 Å². The molecule has 2 rings (SSSR count). The van der Waals surface area contributed by atoms with Crippen molar-refractivity contribution in [2.24, 2.45) is 0 Å². The van der Waals surface area contributed by atoms with E-state index >= 15 is 0 Å². The smallest absolute Gasteiger partial charge is 0.245 e. The van der Waals surface area contributed by atoms with E-state index in [1.54, 1.807) is 24.3 Å². The summed E-state index contributed by atoms with van der Waals surface area (Å²) in [4.78, 5) is 11.7. The van der Waals surface area contributed by atoms with Crippen molar-refractivity contribution >= 4 is 17.5 Å². The van der Waals surface area contributed by atoms with Gasteiger partial charge in [0.2, 0.25) is 5.91 Å². The SMILES string of the molecule is O=C(CC(OCCO)C(Cc1ccc(Cl)cc1)c1ccc(F)cc1F)NO. The van der Waals surface area contributed by atoms with Gasteiger partial charge in [-0.25, -0.2) is 14.3 Å². The van der Waals surface area contributed by atoms with Crippen molar-refractivity contribution in [3.8, 4) is 0 Å². The van der Waals surface area contributed by atoms with Crippen molar-refractivity contribution in [1.82, 2.24) is 5.48 Å². The van der Waals surface area contributed by atoms with Gasteiger partial charge in [0, 0.05) is 17.0 Å². The van der Waals surface area contributed by atoms with Crippen LogP contribution in [-0.2, 0) is 16.0 Å². The Bertz CT molecular complexity index is 758. The molecule has 8 heteroatoms. The summed E-state index contributed by atoms with van der Waals surface area (Å²) in [5, 5.41) is 18.4. The van der Waals surface area contributed by atoms with E-state index in [9.17, 15) is 13.6 Å². The fraction of sp³-hybridized carbons (Fsp3) is 0.316. The number of halogens is 3. The Hall–Kier alpha value is -2.06. The molecule has 2 unspecified atom stereocenters. The van der Waals surface area contributed by atoms with Gasteiger partial charge in [0.25, 0.3) is 0 Å². The molecule has 3 N–H and O–H groups in total. The highest BCUT2D eigenvalue weighted by atomic mass is 35.5. The van der Waals surface area contributed by atoms with Crippen LogP contribution >= 0.6 is 11.6 Å². The zero-order valence-electron chi connectivity index (χ0n) is 14.4. The second-order valence-electron chi connectivity index (χ2n) is 5.97. The zero-order valence-corrected chi connectivity index (χ0v) is 15.1. The first kappa shape index (κ1) is 21.2. The normalized spacial score (nSPS) is 13.2. The quantitative estimate of drug-likeness (QED) is 0.447. The molecule has 0 aliphatic heterocycles. The van der Waals surface area contributed by atoms with E-state index in [4.69, 9.17) is 26.7 Å². The molecule has 146 valence electrons. The molecular weight excluding hydrogens is 380 g/mol. The Morgan fingerprint density at radius 2 is 1.89 bits per heavy atom. The molecule has 0 heterocycles. The molecule has 0 bridgehead atoms. The Morgan fingerprint density at radius 1 is 1.19 bits per heavy atom. The Labute approximate surface area is 160 Å². The summed E-state index contributed by atoms with van der Waals surface area (Å²) in [5.74, 6) is -2.88. The van der Waals surface area contributed by atoms with E-state index in [1.807, 2.05) is 0 Å². The lowest BCUT2D eigenvalue weighted by atomic mass is 9.85. The first-order valence-electron chi connectivity index (χ1n) is 8.29. The lowest BCUT2D eigenvalue weighted by Gasteiger charge is -2.28. The van der Waals surface area contributed by atoms with Gasteiger partial charge in [0.05, 0.1) is 25.7 Å². The number of hydrogen-bond acceptors (Lipinski definition) is 4. The summed E-state index contributed by atoms with van der Waals surface area (Å²) in [6, 6.07) is 10.1. The molecule has 0 aromatic heterocycles. The number of carbonyl (C=O) groups is 1. The third-order valence-corrected chi connectivity index (χ3v) is 4.37. The van der Waals surface area contributed by atoms with Crippen molar-refractivity contribution < 1.29 is 28.6 Å². The molecule has 27 heavy (non-hydrogen) atoms. The molecule has 0 saturated heterocycles. The van der Waals surface area contributed by atoms with Crippen molar-refractivity contribution in [2.45, 2.75) is 24.9 Å². The van der Waals surface area contributed by atoms with Crippen LogP contribution in [0.15, 0.2) is 42.5 Å². The van der Waals surface area contributed by atoms with Crippen molar-refractivity contribution in [2.75, 3.05) is 13.2 Å². The topological polar surface area (TPSA) is 78.8 Å². The van der Waals surface area contributed by atoms with Crippen LogP contribution < -0.4 is 5.48 Å². The molecule has 2 aromatic rings. The highest BCUT2D eigenvalue weighted by molar-refractivity contribution is 6.30. The number of hydrogen-bond donors (Lipinski definition) is 3. The molecule has 2 atom stereocenters. The molecule has 0 spiro atoms. The number of benzene rings is 2. The monoisotopic (exact) mass is 399 g/mol. The van der Waals surface area contributed by atoms with Gasteiger partial charge in [0.1, 0.15) is 11.6 Å². The van der Waals surface area contributed by atoms with Crippen LogP contribution in [0.1, 0.15) is 23.5 Å². The van der Waals surface area contributed by atoms with E-state index in [0.717, 1.165) is 17.7 Å². The number of nitrogens with one attached hydrogen (secondary N) is 1. The van der Waals surface area contributed by atoms with E-state index < -0.39 is 29.6 Å². The van der Waals surface area contributed by atoms with Gasteiger partial charge in [-0.2, -0.15) is 0 Å². The summed E-state index contributed by atoms with van der Waals surface area (Å²) in [6.07, 6.45) is -0.861. The number of ether oxygens (including phenoxy) is 1. The van der Waals surface area contributed by atoms with Crippen molar-refractivity contribution in [3.05, 3.63) is 70.2 Å². The van der Waals surface area contributed by atoms with E-state index in [-0.39, 0.29) is 31.6 Å². The fourth-order valence-corrected chi connectivity index (χ4v) is 2.99. The molecular formula is C19H20ClF2NO4. The number of hydroxylamine groups is 1. The van der Waals surface area contributed by atoms with Crippen LogP contribution in [0.4, 0.5) is 8.78 Å². The van der Waals surface area contributed by atoms with Gasteiger partial charge in [-0.15, -0.1) is 0 Å². The third kappa shape index (κ3) is 6.25. The second-order valence-corrected chi connectivity index (χ2v) is 6.41. The molecule has 2 aromatic carbocycles. The first-order valence-corrected chi connectivity index (χ1v) is 8.67. The van der Waals surface area contributed by atoms with Crippen LogP contribution in [0.3, 0.4) is 0 Å². The third-order valence-electron chi connectivity index (χ3n) is 4.11. The minimum absolute atomic E-state index is 0.0801. The maximum atomic E-state index is 14.5. The van der Waals surface area contributed by atoms with E-state index in [0.29, 0.717) is 5.02 Å². The highest BCUT2D eigenvalue weighted by Gasteiger charge is 2.29. The summed E-state index contributed by atoms with van der Waals surface area (Å²) in [5.41, 5.74) is 2.49. The minimum Gasteiger partial charge on any atom is -0.394 e. The molecule has 5 nitrogen and oxygen atoms in total. The van der Waals surface area contributed by atoms with E-state index in [1.165, 1.54) is 11.5 Å². The van der Waals surface area contributed by atoms with Gasteiger partial charge < -0.3 is 9.84 Å².